The smallest absolute Gasteiger partial charge is 0.251 e. The number of rotatable bonds is 7. The topological polar surface area (TPSA) is 61.4 Å². The Bertz CT molecular complexity index is 397. The first kappa shape index (κ1) is 15.5. The van der Waals surface area contributed by atoms with Crippen LogP contribution in [0, 0.1) is 5.41 Å². The Labute approximate surface area is 115 Å². The van der Waals surface area contributed by atoms with E-state index in [2.05, 4.69) is 17.6 Å². The van der Waals surface area contributed by atoms with Crippen molar-refractivity contribution in [1.82, 2.24) is 5.32 Å². The Morgan fingerprint density at radius 2 is 1.89 bits per heavy atom. The summed E-state index contributed by atoms with van der Waals surface area (Å²) in [4.78, 5) is 11.6. The van der Waals surface area contributed by atoms with Crippen LogP contribution in [0.1, 0.15) is 37.6 Å². The van der Waals surface area contributed by atoms with Gasteiger partial charge < -0.3 is 15.7 Å². The van der Waals surface area contributed by atoms with Crippen LogP contribution in [0.15, 0.2) is 24.3 Å². The average molecular weight is 264 g/mol. The molecule has 0 bridgehead atoms. The molecule has 0 aliphatic heterocycles. The van der Waals surface area contributed by atoms with Crippen LogP contribution >= 0.6 is 0 Å². The van der Waals surface area contributed by atoms with Crippen LogP contribution in [-0.4, -0.2) is 30.7 Å². The molecule has 1 unspecified atom stereocenters. The van der Waals surface area contributed by atoms with E-state index in [1.165, 1.54) is 0 Å². The standard InChI is InChI=1S/C15H24N2O2/c1-4-15(3,11-18)10-17-13-8-6-12(7-9-13)14(19)16-5-2/h6-9,17-18H,4-5,10-11H2,1-3H3,(H,16,19). The summed E-state index contributed by atoms with van der Waals surface area (Å²) >= 11 is 0. The lowest BCUT2D eigenvalue weighted by Crippen LogP contribution is -2.29. The van der Waals surface area contributed by atoms with E-state index in [1.54, 1.807) is 12.1 Å². The summed E-state index contributed by atoms with van der Waals surface area (Å²) < 4.78 is 0. The Morgan fingerprint density at radius 1 is 1.26 bits per heavy atom. The number of carbonyl (C=O) groups excluding carboxylic acids is 1. The molecule has 0 aromatic heterocycles. The van der Waals surface area contributed by atoms with Gasteiger partial charge in [0.05, 0.1) is 6.61 Å². The lowest BCUT2D eigenvalue weighted by molar-refractivity contribution is 0.0956. The van der Waals surface area contributed by atoms with Crippen molar-refractivity contribution in [3.8, 4) is 0 Å². The van der Waals surface area contributed by atoms with Gasteiger partial charge in [0, 0.05) is 29.8 Å². The monoisotopic (exact) mass is 264 g/mol. The second-order valence-electron chi connectivity index (χ2n) is 5.11. The van der Waals surface area contributed by atoms with Gasteiger partial charge >= 0.3 is 0 Å². The maximum Gasteiger partial charge on any atom is 0.251 e. The minimum atomic E-state index is -0.113. The van der Waals surface area contributed by atoms with Crippen molar-refractivity contribution in [2.75, 3.05) is 25.0 Å². The van der Waals surface area contributed by atoms with Crippen LogP contribution in [0.5, 0.6) is 0 Å². The molecule has 0 spiro atoms. The zero-order valence-corrected chi connectivity index (χ0v) is 12.0. The van der Waals surface area contributed by atoms with Crippen molar-refractivity contribution in [2.24, 2.45) is 5.41 Å². The van der Waals surface area contributed by atoms with Crippen molar-refractivity contribution >= 4 is 11.6 Å². The molecule has 0 radical (unpaired) electrons. The molecule has 1 aromatic rings. The van der Waals surface area contributed by atoms with Gasteiger partial charge in [-0.25, -0.2) is 0 Å². The molecule has 1 rings (SSSR count). The van der Waals surface area contributed by atoms with Crippen molar-refractivity contribution in [3.63, 3.8) is 0 Å². The van der Waals surface area contributed by atoms with Crippen molar-refractivity contribution in [3.05, 3.63) is 29.8 Å². The summed E-state index contributed by atoms with van der Waals surface area (Å²) in [5.41, 5.74) is 1.51. The van der Waals surface area contributed by atoms with Gasteiger partial charge in [-0.3, -0.25) is 4.79 Å². The highest BCUT2D eigenvalue weighted by Crippen LogP contribution is 2.21. The van der Waals surface area contributed by atoms with E-state index in [-0.39, 0.29) is 17.9 Å². The molecule has 0 heterocycles. The zero-order valence-electron chi connectivity index (χ0n) is 12.0. The quantitative estimate of drug-likeness (QED) is 0.708. The van der Waals surface area contributed by atoms with E-state index in [9.17, 15) is 9.90 Å². The summed E-state index contributed by atoms with van der Waals surface area (Å²) in [6.45, 7) is 7.51. The van der Waals surface area contributed by atoms with Crippen molar-refractivity contribution in [1.29, 1.82) is 0 Å². The summed E-state index contributed by atoms with van der Waals surface area (Å²) in [6, 6.07) is 7.38. The summed E-state index contributed by atoms with van der Waals surface area (Å²) in [5, 5.41) is 15.4. The van der Waals surface area contributed by atoms with Gasteiger partial charge in [0.15, 0.2) is 0 Å². The first-order valence-corrected chi connectivity index (χ1v) is 6.77. The maximum absolute atomic E-state index is 11.6. The predicted octanol–water partition coefficient (Wildman–Crippen LogP) is 2.26. The molecular formula is C15H24N2O2. The number of amides is 1. The number of hydrogen-bond acceptors (Lipinski definition) is 3. The fraction of sp³-hybridized carbons (Fsp3) is 0.533. The number of hydrogen-bond donors (Lipinski definition) is 3. The van der Waals surface area contributed by atoms with E-state index in [0.29, 0.717) is 18.7 Å². The van der Waals surface area contributed by atoms with E-state index < -0.39 is 0 Å². The molecular weight excluding hydrogens is 240 g/mol. The lowest BCUT2D eigenvalue weighted by Gasteiger charge is -2.26. The zero-order chi connectivity index (χ0) is 14.3. The van der Waals surface area contributed by atoms with Gasteiger partial charge in [-0.05, 0) is 37.6 Å². The first-order valence-electron chi connectivity index (χ1n) is 6.77. The molecule has 0 saturated heterocycles. The molecule has 1 amide bonds. The van der Waals surface area contributed by atoms with Crippen molar-refractivity contribution < 1.29 is 9.90 Å². The summed E-state index contributed by atoms with van der Waals surface area (Å²) in [7, 11) is 0. The lowest BCUT2D eigenvalue weighted by atomic mass is 9.88. The predicted molar refractivity (Wildman–Crippen MR) is 78.4 cm³/mol. The molecule has 1 atom stereocenters. The van der Waals surface area contributed by atoms with Gasteiger partial charge in [0.1, 0.15) is 0 Å². The molecule has 19 heavy (non-hydrogen) atoms. The van der Waals surface area contributed by atoms with Gasteiger partial charge in [0.25, 0.3) is 5.91 Å². The second kappa shape index (κ2) is 7.14. The molecule has 0 fully saturated rings. The molecule has 1 aromatic carbocycles. The third-order valence-electron chi connectivity index (χ3n) is 3.44. The third-order valence-corrected chi connectivity index (χ3v) is 3.44. The van der Waals surface area contributed by atoms with Crippen LogP contribution in [0.25, 0.3) is 0 Å². The Morgan fingerprint density at radius 3 is 2.37 bits per heavy atom. The molecule has 106 valence electrons. The largest absolute Gasteiger partial charge is 0.396 e. The van der Waals surface area contributed by atoms with Crippen LogP contribution in [0.3, 0.4) is 0 Å². The highest BCUT2D eigenvalue weighted by molar-refractivity contribution is 5.94. The Balaban J connectivity index is 2.60. The third kappa shape index (κ3) is 4.56. The van der Waals surface area contributed by atoms with Crippen LogP contribution in [0.2, 0.25) is 0 Å². The Kier molecular flexibility index (Phi) is 5.83. The molecule has 3 N–H and O–H groups in total. The van der Waals surface area contributed by atoms with Crippen LogP contribution in [0.4, 0.5) is 5.69 Å². The SMILES string of the molecule is CCNC(=O)c1ccc(NCC(C)(CC)CO)cc1. The van der Waals surface area contributed by atoms with Crippen molar-refractivity contribution in [2.45, 2.75) is 27.2 Å². The summed E-state index contributed by atoms with van der Waals surface area (Å²) in [5.74, 6) is -0.0530. The number of anilines is 1. The molecule has 0 aliphatic rings. The molecule has 0 aliphatic carbocycles. The first-order chi connectivity index (χ1) is 9.04. The second-order valence-corrected chi connectivity index (χ2v) is 5.11. The van der Waals surface area contributed by atoms with Gasteiger partial charge in [-0.2, -0.15) is 0 Å². The Hall–Kier alpha value is -1.55. The minimum absolute atomic E-state index is 0.0530. The highest BCUT2D eigenvalue weighted by atomic mass is 16.3. The normalized spacial score (nSPS) is 13.7. The fourth-order valence-corrected chi connectivity index (χ4v) is 1.61. The fourth-order valence-electron chi connectivity index (χ4n) is 1.61. The number of benzene rings is 1. The van der Waals surface area contributed by atoms with Crippen LogP contribution < -0.4 is 10.6 Å². The van der Waals surface area contributed by atoms with Crippen LogP contribution in [-0.2, 0) is 0 Å². The molecule has 4 nitrogen and oxygen atoms in total. The molecule has 0 saturated carbocycles. The van der Waals surface area contributed by atoms with E-state index in [1.807, 2.05) is 26.0 Å². The van der Waals surface area contributed by atoms with Gasteiger partial charge in [-0.15, -0.1) is 0 Å². The number of carbonyl (C=O) groups is 1. The average Bonchev–Trinajstić information content (AvgIpc) is 2.45. The van der Waals surface area contributed by atoms with E-state index in [4.69, 9.17) is 0 Å². The van der Waals surface area contributed by atoms with Gasteiger partial charge in [0.2, 0.25) is 0 Å². The van der Waals surface area contributed by atoms with Gasteiger partial charge in [-0.1, -0.05) is 13.8 Å². The number of aliphatic hydroxyl groups is 1. The van der Waals surface area contributed by atoms with E-state index in [0.717, 1.165) is 12.1 Å². The maximum atomic E-state index is 11.6. The highest BCUT2D eigenvalue weighted by Gasteiger charge is 2.20. The van der Waals surface area contributed by atoms with E-state index >= 15 is 0 Å². The number of nitrogens with one attached hydrogen (secondary N) is 2. The molecule has 4 heteroatoms. The summed E-state index contributed by atoms with van der Waals surface area (Å²) in [6.07, 6.45) is 0.910. The number of aliphatic hydroxyl groups excluding tert-OH is 1. The minimum Gasteiger partial charge on any atom is -0.396 e.